The van der Waals surface area contributed by atoms with Gasteiger partial charge < -0.3 is 11.5 Å². The van der Waals surface area contributed by atoms with Crippen molar-refractivity contribution in [1.29, 1.82) is 0 Å². The van der Waals surface area contributed by atoms with Crippen molar-refractivity contribution in [2.45, 2.75) is 31.2 Å². The molecule has 6 nitrogen and oxygen atoms in total. The number of sulfonamides is 1. The maximum Gasteiger partial charge on any atom is 0.240 e. The summed E-state index contributed by atoms with van der Waals surface area (Å²) in [5, 5.41) is 0. The van der Waals surface area contributed by atoms with Gasteiger partial charge in [-0.15, -0.1) is 0 Å². The van der Waals surface area contributed by atoms with Gasteiger partial charge in [-0.05, 0) is 30.5 Å². The molecule has 5 N–H and O–H groups in total. The first kappa shape index (κ1) is 15.6. The molecule has 0 aliphatic carbocycles. The molecule has 7 heteroatoms. The van der Waals surface area contributed by atoms with Gasteiger partial charge >= 0.3 is 0 Å². The van der Waals surface area contributed by atoms with Crippen molar-refractivity contribution in [3.63, 3.8) is 0 Å². The maximum atomic E-state index is 12.1. The van der Waals surface area contributed by atoms with Crippen LogP contribution in [0, 0.1) is 6.92 Å². The Kier molecular flexibility index (Phi) is 5.46. The highest BCUT2D eigenvalue weighted by atomic mass is 32.2. The van der Waals surface area contributed by atoms with E-state index in [0.717, 1.165) is 5.56 Å². The molecule has 1 aromatic rings. The van der Waals surface area contributed by atoms with Crippen LogP contribution in [0.5, 0.6) is 0 Å². The predicted octanol–water partition coefficient (Wildman–Crippen LogP) is -0.00248. The zero-order valence-electron chi connectivity index (χ0n) is 10.8. The van der Waals surface area contributed by atoms with E-state index in [4.69, 9.17) is 11.5 Å². The Labute approximate surface area is 113 Å². The summed E-state index contributed by atoms with van der Waals surface area (Å²) in [4.78, 5) is 10.8. The van der Waals surface area contributed by atoms with Crippen LogP contribution in [-0.2, 0) is 21.4 Å². The first-order chi connectivity index (χ1) is 8.86. The van der Waals surface area contributed by atoms with Gasteiger partial charge in [0.1, 0.15) is 0 Å². The zero-order valence-corrected chi connectivity index (χ0v) is 11.7. The highest BCUT2D eigenvalue weighted by Gasteiger charge is 2.16. The highest BCUT2D eigenvalue weighted by Crippen LogP contribution is 2.16. The van der Waals surface area contributed by atoms with Crippen LogP contribution >= 0.6 is 0 Å². The van der Waals surface area contributed by atoms with Gasteiger partial charge in [-0.25, -0.2) is 13.1 Å². The molecule has 0 aliphatic rings. The Bertz CT molecular complexity index is 555. The molecule has 0 heterocycles. The average molecular weight is 285 g/mol. The van der Waals surface area contributed by atoms with E-state index in [2.05, 4.69) is 4.72 Å². The quantitative estimate of drug-likeness (QED) is 0.611. The van der Waals surface area contributed by atoms with Gasteiger partial charge in [0, 0.05) is 19.5 Å². The molecule has 1 rings (SSSR count). The lowest BCUT2D eigenvalue weighted by molar-refractivity contribution is -0.118. The molecular formula is C12H19N3O3S. The first-order valence-corrected chi connectivity index (χ1v) is 7.42. The Morgan fingerprint density at radius 3 is 2.63 bits per heavy atom. The molecule has 0 saturated carbocycles. The summed E-state index contributed by atoms with van der Waals surface area (Å²) in [6.45, 7) is 2.18. The predicted molar refractivity (Wildman–Crippen MR) is 72.7 cm³/mol. The van der Waals surface area contributed by atoms with Gasteiger partial charge in [0.2, 0.25) is 15.9 Å². The summed E-state index contributed by atoms with van der Waals surface area (Å²) in [5.41, 5.74) is 11.9. The molecule has 1 amide bonds. The summed E-state index contributed by atoms with van der Waals surface area (Å²) in [6, 6.07) is 5.08. The van der Waals surface area contributed by atoms with E-state index in [-0.39, 0.29) is 24.4 Å². The number of carbonyl (C=O) groups is 1. The van der Waals surface area contributed by atoms with Crippen LogP contribution in [0.4, 0.5) is 0 Å². The van der Waals surface area contributed by atoms with Gasteiger partial charge in [0.05, 0.1) is 4.90 Å². The van der Waals surface area contributed by atoms with Crippen molar-refractivity contribution in [2.24, 2.45) is 11.5 Å². The number of rotatable bonds is 7. The molecule has 0 fully saturated rings. The summed E-state index contributed by atoms with van der Waals surface area (Å²) in [6.07, 6.45) is 0.536. The largest absolute Gasteiger partial charge is 0.370 e. The van der Waals surface area contributed by atoms with Crippen molar-refractivity contribution in [2.75, 3.05) is 6.54 Å². The molecule has 0 saturated heterocycles. The zero-order chi connectivity index (χ0) is 14.5. The molecule has 1 aromatic carbocycles. The minimum absolute atomic E-state index is 0.157. The maximum absolute atomic E-state index is 12.1. The number of nitrogens with two attached hydrogens (primary N) is 2. The Hall–Kier alpha value is -1.44. The smallest absolute Gasteiger partial charge is 0.240 e. The van der Waals surface area contributed by atoms with Gasteiger partial charge in [0.25, 0.3) is 0 Å². The number of primary amides is 1. The number of benzene rings is 1. The van der Waals surface area contributed by atoms with E-state index in [1.54, 1.807) is 25.1 Å². The molecule has 106 valence electrons. The lowest BCUT2D eigenvalue weighted by Gasteiger charge is -2.10. The van der Waals surface area contributed by atoms with Crippen LogP contribution in [0.2, 0.25) is 0 Å². The fourth-order valence-corrected chi connectivity index (χ4v) is 2.97. The summed E-state index contributed by atoms with van der Waals surface area (Å²) >= 11 is 0. The van der Waals surface area contributed by atoms with Crippen LogP contribution in [0.3, 0.4) is 0 Å². The van der Waals surface area contributed by atoms with Crippen molar-refractivity contribution in [3.05, 3.63) is 29.3 Å². The van der Waals surface area contributed by atoms with Crippen molar-refractivity contribution in [1.82, 2.24) is 4.72 Å². The Morgan fingerprint density at radius 2 is 2.05 bits per heavy atom. The normalized spacial score (nSPS) is 11.5. The molecule has 0 bridgehead atoms. The van der Waals surface area contributed by atoms with Crippen molar-refractivity contribution in [3.8, 4) is 0 Å². The Balaban J connectivity index is 2.79. The summed E-state index contributed by atoms with van der Waals surface area (Å²) < 4.78 is 26.6. The van der Waals surface area contributed by atoms with Crippen molar-refractivity contribution >= 4 is 15.9 Å². The number of hydrogen-bond donors (Lipinski definition) is 3. The fraction of sp³-hybridized carbons (Fsp3) is 0.417. The summed E-state index contributed by atoms with van der Waals surface area (Å²) in [5.74, 6) is -0.444. The van der Waals surface area contributed by atoms with Crippen molar-refractivity contribution < 1.29 is 13.2 Å². The third kappa shape index (κ3) is 4.62. The number of carbonyl (C=O) groups excluding carboxylic acids is 1. The number of amides is 1. The van der Waals surface area contributed by atoms with Gasteiger partial charge in [-0.2, -0.15) is 0 Å². The van der Waals surface area contributed by atoms with E-state index in [0.29, 0.717) is 12.0 Å². The van der Waals surface area contributed by atoms with Gasteiger partial charge in [0.15, 0.2) is 0 Å². The molecule has 0 unspecified atom stereocenters. The monoisotopic (exact) mass is 285 g/mol. The lowest BCUT2D eigenvalue weighted by atomic mass is 10.1. The second-order valence-corrected chi connectivity index (χ2v) is 6.01. The minimum atomic E-state index is -3.58. The van der Waals surface area contributed by atoms with Gasteiger partial charge in [-0.1, -0.05) is 12.1 Å². The second kappa shape index (κ2) is 6.65. The number of hydrogen-bond acceptors (Lipinski definition) is 4. The third-order valence-electron chi connectivity index (χ3n) is 2.67. The van der Waals surface area contributed by atoms with Gasteiger partial charge in [-0.3, -0.25) is 4.79 Å². The van der Waals surface area contributed by atoms with E-state index in [1.165, 1.54) is 0 Å². The molecular weight excluding hydrogens is 266 g/mol. The van der Waals surface area contributed by atoms with E-state index < -0.39 is 15.9 Å². The summed E-state index contributed by atoms with van der Waals surface area (Å²) in [7, 11) is -3.58. The lowest BCUT2D eigenvalue weighted by Crippen LogP contribution is -2.26. The molecule has 0 aliphatic heterocycles. The second-order valence-electron chi connectivity index (χ2n) is 4.27. The Morgan fingerprint density at radius 1 is 1.37 bits per heavy atom. The number of aryl methyl sites for hydroxylation is 1. The first-order valence-electron chi connectivity index (χ1n) is 5.94. The topological polar surface area (TPSA) is 115 Å². The molecule has 0 spiro atoms. The van der Waals surface area contributed by atoms with Crippen LogP contribution in [0.1, 0.15) is 24.0 Å². The minimum Gasteiger partial charge on any atom is -0.370 e. The number of nitrogens with one attached hydrogen (secondary N) is 1. The van der Waals surface area contributed by atoms with E-state index >= 15 is 0 Å². The fourth-order valence-electron chi connectivity index (χ4n) is 1.61. The molecule has 0 aromatic heterocycles. The molecule has 0 radical (unpaired) electrons. The highest BCUT2D eigenvalue weighted by molar-refractivity contribution is 7.89. The standard InChI is InChI=1S/C12H19N3O3S/c1-9-4-5-10(8-13)7-11(9)19(17,18)15-6-2-3-12(14)16/h4-5,7,15H,2-3,6,8,13H2,1H3,(H2,14,16). The third-order valence-corrected chi connectivity index (χ3v) is 4.27. The van der Waals surface area contributed by atoms with E-state index in [1.807, 2.05) is 0 Å². The average Bonchev–Trinajstić information content (AvgIpc) is 2.35. The molecule has 19 heavy (non-hydrogen) atoms. The molecule has 0 atom stereocenters. The van der Waals surface area contributed by atoms with Crippen LogP contribution in [0.25, 0.3) is 0 Å². The van der Waals surface area contributed by atoms with Crippen LogP contribution in [0.15, 0.2) is 23.1 Å². The van der Waals surface area contributed by atoms with Crippen LogP contribution < -0.4 is 16.2 Å². The SMILES string of the molecule is Cc1ccc(CN)cc1S(=O)(=O)NCCCC(N)=O. The van der Waals surface area contributed by atoms with Crippen LogP contribution in [-0.4, -0.2) is 20.9 Å². The van der Waals surface area contributed by atoms with E-state index in [9.17, 15) is 13.2 Å².